The number of hydrogen-bond donors (Lipinski definition) is 1. The van der Waals surface area contributed by atoms with Crippen LogP contribution in [0.15, 0.2) is 91.0 Å². The van der Waals surface area contributed by atoms with Crippen LogP contribution in [0.4, 0.5) is 5.69 Å². The molecule has 2 aliphatic rings. The number of rotatable bonds is 9. The molecule has 57 heavy (non-hydrogen) atoms. The van der Waals surface area contributed by atoms with Crippen LogP contribution in [-0.4, -0.2) is 62.0 Å². The summed E-state index contributed by atoms with van der Waals surface area (Å²) < 4.78 is 68.3. The zero-order valence-corrected chi connectivity index (χ0v) is 38.0. The molecule has 0 heterocycles. The van der Waals surface area contributed by atoms with E-state index in [1.807, 2.05) is 42.5 Å². The maximum absolute atomic E-state index is 9.08. The van der Waals surface area contributed by atoms with Crippen molar-refractivity contribution in [3.63, 3.8) is 0 Å². The Morgan fingerprint density at radius 2 is 0.982 bits per heavy atom. The number of hydrogen-bond acceptors (Lipinski definition) is 9. The molecule has 0 amide bonds. The SMILES string of the molecule is CC(C)Oc1cccc(OC(C)C)c1-c1ccccc1P(C1CCCCC1)C1CCCCC1.CS(=O)(=O)[O-].CS(=O)(=O)[O-].Nc1ccccc1-c1cccc[c]1[Pd+2]. The first kappa shape index (κ1) is 48.6. The van der Waals surface area contributed by atoms with Crippen molar-refractivity contribution in [3.05, 3.63) is 91.0 Å². The van der Waals surface area contributed by atoms with E-state index in [1.165, 1.54) is 69.8 Å². The van der Waals surface area contributed by atoms with Gasteiger partial charge < -0.3 is 18.6 Å². The molecule has 0 bridgehead atoms. The van der Waals surface area contributed by atoms with Crippen molar-refractivity contribution in [1.29, 1.82) is 0 Å². The maximum atomic E-state index is 9.08. The van der Waals surface area contributed by atoms with Crippen molar-refractivity contribution >= 4 is 43.2 Å². The van der Waals surface area contributed by atoms with Gasteiger partial charge in [-0.05, 0) is 87.7 Å². The molecule has 0 atom stereocenters. The number of anilines is 1. The van der Waals surface area contributed by atoms with Crippen LogP contribution in [0.5, 0.6) is 11.5 Å². The molecule has 0 aliphatic heterocycles. The van der Waals surface area contributed by atoms with Crippen molar-refractivity contribution in [3.8, 4) is 33.8 Å². The zero-order chi connectivity index (χ0) is 42.2. The molecule has 9 nitrogen and oxygen atoms in total. The van der Waals surface area contributed by atoms with E-state index in [0.29, 0.717) is 12.5 Å². The molecule has 13 heteroatoms. The topological polar surface area (TPSA) is 159 Å². The van der Waals surface area contributed by atoms with E-state index in [9.17, 15) is 0 Å². The fourth-order valence-electron chi connectivity index (χ4n) is 7.20. The van der Waals surface area contributed by atoms with Crippen LogP contribution in [0.2, 0.25) is 0 Å². The molecular formula is C44H59NO8PPdS2. The van der Waals surface area contributed by atoms with Crippen LogP contribution in [0.25, 0.3) is 22.3 Å². The fourth-order valence-corrected chi connectivity index (χ4v) is 11.6. The Bertz CT molecular complexity index is 1910. The average molecular weight is 931 g/mol. The summed E-state index contributed by atoms with van der Waals surface area (Å²) in [6.07, 6.45) is 15.6. The van der Waals surface area contributed by atoms with Gasteiger partial charge in [0.1, 0.15) is 11.5 Å². The number of nitrogen functional groups attached to an aromatic ring is 1. The van der Waals surface area contributed by atoms with Crippen molar-refractivity contribution in [1.82, 2.24) is 0 Å². The van der Waals surface area contributed by atoms with Gasteiger partial charge in [0.05, 0.1) is 38.0 Å². The van der Waals surface area contributed by atoms with E-state index >= 15 is 0 Å². The standard InChI is InChI=1S/C30H43O2P.C12H10N.2CH4O3S.Pd/c1-22(2)31-27-19-13-20-28(32-23(3)4)30(27)26-18-11-12-21-29(26)33(24-14-7-5-8-15-24)25-16-9-6-10-17-25;13-12-9-5-4-8-11(12)10-6-2-1-3-7-10;2*1-5(2,3)4;/h11-13,18-25H,5-10,14-17H2,1-4H3;1-6,8-9H,13H2;2*1H3,(H,2,3,4);/q;;;;+2/p-2. The van der Waals surface area contributed by atoms with Gasteiger partial charge in [-0.2, -0.15) is 0 Å². The summed E-state index contributed by atoms with van der Waals surface area (Å²) in [5.74, 6) is 1.91. The third-order valence-electron chi connectivity index (χ3n) is 9.20. The van der Waals surface area contributed by atoms with Crippen molar-refractivity contribution in [2.75, 3.05) is 18.2 Å². The quantitative estimate of drug-likeness (QED) is 0.0748. The summed E-state index contributed by atoms with van der Waals surface area (Å²) in [6.45, 7) is 8.45. The molecule has 315 valence electrons. The molecule has 0 saturated heterocycles. The van der Waals surface area contributed by atoms with Gasteiger partial charge in [-0.25, -0.2) is 16.8 Å². The van der Waals surface area contributed by atoms with Gasteiger partial charge in [0, 0.05) is 12.5 Å². The van der Waals surface area contributed by atoms with Gasteiger partial charge in [0.25, 0.3) is 0 Å². The van der Waals surface area contributed by atoms with E-state index in [0.717, 1.165) is 49.2 Å². The summed E-state index contributed by atoms with van der Waals surface area (Å²) >= 11 is 3.23. The first-order valence-electron chi connectivity index (χ1n) is 19.6. The molecule has 2 aliphatic carbocycles. The summed E-state index contributed by atoms with van der Waals surface area (Å²) in [7, 11) is -8.05. The van der Waals surface area contributed by atoms with Gasteiger partial charge in [0.15, 0.2) is 0 Å². The van der Waals surface area contributed by atoms with Crippen LogP contribution in [0, 0.1) is 0 Å². The van der Waals surface area contributed by atoms with Crippen LogP contribution >= 0.6 is 7.92 Å². The molecule has 0 radical (unpaired) electrons. The number of para-hydroxylation sites is 1. The summed E-state index contributed by atoms with van der Waals surface area (Å²) in [6, 6.07) is 31.6. The first-order chi connectivity index (χ1) is 26.8. The predicted octanol–water partition coefficient (Wildman–Crippen LogP) is 9.13. The predicted molar refractivity (Wildman–Crippen MR) is 231 cm³/mol. The molecule has 0 aromatic heterocycles. The van der Waals surface area contributed by atoms with E-state index in [1.54, 1.807) is 5.30 Å². The van der Waals surface area contributed by atoms with Crippen LogP contribution in [0.1, 0.15) is 91.9 Å². The van der Waals surface area contributed by atoms with Gasteiger partial charge in [-0.15, -0.1) is 0 Å². The van der Waals surface area contributed by atoms with E-state index in [-0.39, 0.29) is 20.1 Å². The Morgan fingerprint density at radius 3 is 1.40 bits per heavy atom. The third kappa shape index (κ3) is 17.9. The summed E-state index contributed by atoms with van der Waals surface area (Å²) in [5.41, 5.74) is 13.2. The second-order valence-electron chi connectivity index (χ2n) is 14.9. The fraction of sp³-hybridized carbons (Fsp3) is 0.455. The minimum atomic E-state index is -3.92. The summed E-state index contributed by atoms with van der Waals surface area (Å²) in [5, 5.41) is 1.60. The monoisotopic (exact) mass is 930 g/mol. The van der Waals surface area contributed by atoms with Gasteiger partial charge >= 0.3 is 94.3 Å². The Labute approximate surface area is 354 Å². The second kappa shape index (κ2) is 23.7. The third-order valence-corrected chi connectivity index (χ3v) is 13.4. The Hall–Kier alpha value is -2.81. The van der Waals surface area contributed by atoms with E-state index < -0.39 is 20.2 Å². The van der Waals surface area contributed by atoms with Crippen LogP contribution in [-0.2, 0) is 39.4 Å². The number of nitrogens with two attached hydrogens (primary N) is 1. The van der Waals surface area contributed by atoms with Crippen LogP contribution in [0.3, 0.4) is 0 Å². The molecule has 2 N–H and O–H groups in total. The molecule has 6 rings (SSSR count). The Kier molecular flexibility index (Phi) is 20.2. The van der Waals surface area contributed by atoms with E-state index in [2.05, 4.69) is 95.4 Å². The number of ether oxygens (including phenoxy) is 2. The van der Waals surface area contributed by atoms with E-state index in [4.69, 9.17) is 41.1 Å². The van der Waals surface area contributed by atoms with Crippen LogP contribution < -0.4 is 24.5 Å². The molecule has 0 unspecified atom stereocenters. The van der Waals surface area contributed by atoms with Crippen molar-refractivity contribution in [2.45, 2.75) is 115 Å². The number of benzene rings is 4. The Morgan fingerprint density at radius 1 is 0.596 bits per heavy atom. The second-order valence-corrected chi connectivity index (χ2v) is 21.3. The van der Waals surface area contributed by atoms with Crippen molar-refractivity contribution in [2.24, 2.45) is 0 Å². The normalized spacial score (nSPS) is 15.1. The Balaban J connectivity index is 0.000000295. The molecule has 2 saturated carbocycles. The molecule has 4 aromatic rings. The molecule has 4 aromatic carbocycles. The summed E-state index contributed by atoms with van der Waals surface area (Å²) in [4.78, 5) is 0. The first-order valence-corrected chi connectivity index (χ1v) is 25.4. The zero-order valence-electron chi connectivity index (χ0n) is 34.0. The average Bonchev–Trinajstić information content (AvgIpc) is 3.12. The minimum absolute atomic E-state index is 0.128. The molecule has 2 fully saturated rings. The molecular weight excluding hydrogens is 872 g/mol. The molecule has 0 spiro atoms. The van der Waals surface area contributed by atoms with Crippen molar-refractivity contribution < 1.29 is 54.6 Å². The van der Waals surface area contributed by atoms with Gasteiger partial charge in [-0.1, -0.05) is 76.8 Å². The van der Waals surface area contributed by atoms with Gasteiger partial charge in [-0.3, -0.25) is 0 Å². The van der Waals surface area contributed by atoms with Gasteiger partial charge in [0.2, 0.25) is 0 Å².